The molecule has 0 heteroatoms. The lowest BCUT2D eigenvalue weighted by atomic mass is 9.78. The van der Waals surface area contributed by atoms with Gasteiger partial charge in [0.25, 0.3) is 0 Å². The second-order valence-electron chi connectivity index (χ2n) is 10.9. The minimum absolute atomic E-state index is 0.536. The number of aryl methyl sites for hydroxylation is 1. The molecule has 0 saturated heterocycles. The maximum atomic E-state index is 2.33. The number of hydrogen-bond acceptors (Lipinski definition) is 0. The molecule has 4 rings (SSSR count). The molecule has 1 aliphatic carbocycles. The second-order valence-corrected chi connectivity index (χ2v) is 10.9. The Morgan fingerprint density at radius 2 is 1.25 bits per heavy atom. The molecule has 3 aromatic rings. The van der Waals surface area contributed by atoms with Crippen LogP contribution in [0.15, 0.2) is 91.0 Å². The van der Waals surface area contributed by atoms with Gasteiger partial charge in [-0.05, 0) is 84.6 Å². The minimum atomic E-state index is 0.536. The van der Waals surface area contributed by atoms with Crippen molar-refractivity contribution in [1.29, 1.82) is 0 Å². The number of hydrogen-bond donors (Lipinski definition) is 0. The van der Waals surface area contributed by atoms with E-state index in [2.05, 4.69) is 117 Å². The van der Waals surface area contributed by atoms with Crippen molar-refractivity contribution in [1.82, 2.24) is 0 Å². The van der Waals surface area contributed by atoms with E-state index >= 15 is 0 Å². The molecule has 0 spiro atoms. The van der Waals surface area contributed by atoms with Gasteiger partial charge in [0.2, 0.25) is 0 Å². The molecule has 0 N–H and O–H groups in total. The molecule has 0 nitrogen and oxygen atoms in total. The molecule has 36 heavy (non-hydrogen) atoms. The first-order chi connectivity index (χ1) is 17.7. The van der Waals surface area contributed by atoms with Crippen LogP contribution in [0.2, 0.25) is 0 Å². The second kappa shape index (κ2) is 14.0. The van der Waals surface area contributed by atoms with Crippen molar-refractivity contribution in [3.05, 3.63) is 119 Å². The fraction of sp³-hybridized carbons (Fsp3) is 0.389. The molecular formula is C36H44. The van der Waals surface area contributed by atoms with Crippen molar-refractivity contribution >= 4 is 12.2 Å². The summed E-state index contributed by atoms with van der Waals surface area (Å²) in [5, 5.41) is 0. The Bertz CT molecular complexity index is 1060. The van der Waals surface area contributed by atoms with Crippen LogP contribution >= 0.6 is 0 Å². The van der Waals surface area contributed by atoms with Crippen LogP contribution in [0.4, 0.5) is 0 Å². The normalized spacial score (nSPS) is 19.2. The Balaban J connectivity index is 1.20. The van der Waals surface area contributed by atoms with E-state index in [0.29, 0.717) is 5.92 Å². The summed E-state index contributed by atoms with van der Waals surface area (Å²) in [6.45, 7) is 4.44. The molecule has 0 radical (unpaired) electrons. The molecule has 0 aromatic heterocycles. The smallest absolute Gasteiger partial charge is 0.0150 e. The molecule has 0 aliphatic heterocycles. The Morgan fingerprint density at radius 3 is 1.83 bits per heavy atom. The van der Waals surface area contributed by atoms with Crippen LogP contribution in [0, 0.1) is 11.8 Å². The molecule has 1 fully saturated rings. The van der Waals surface area contributed by atoms with E-state index in [9.17, 15) is 0 Å². The zero-order valence-corrected chi connectivity index (χ0v) is 22.4. The van der Waals surface area contributed by atoms with Crippen molar-refractivity contribution in [3.63, 3.8) is 0 Å². The van der Waals surface area contributed by atoms with Gasteiger partial charge in [0.1, 0.15) is 0 Å². The summed E-state index contributed by atoms with van der Waals surface area (Å²) < 4.78 is 0. The third kappa shape index (κ3) is 8.37. The van der Waals surface area contributed by atoms with Crippen molar-refractivity contribution in [2.75, 3.05) is 0 Å². The van der Waals surface area contributed by atoms with Gasteiger partial charge in [-0.1, -0.05) is 136 Å². The van der Waals surface area contributed by atoms with Gasteiger partial charge in [0.05, 0.1) is 0 Å². The van der Waals surface area contributed by atoms with Crippen molar-refractivity contribution in [3.8, 4) is 0 Å². The van der Waals surface area contributed by atoms with Gasteiger partial charge in [-0.2, -0.15) is 0 Å². The van der Waals surface area contributed by atoms with Crippen LogP contribution in [0.25, 0.3) is 12.2 Å². The Labute approximate surface area is 220 Å². The zero-order valence-electron chi connectivity index (χ0n) is 22.4. The Morgan fingerprint density at radius 1 is 0.694 bits per heavy atom. The molecule has 0 amide bonds. The molecule has 3 aromatic carbocycles. The summed E-state index contributed by atoms with van der Waals surface area (Å²) in [4.78, 5) is 0. The van der Waals surface area contributed by atoms with Crippen LogP contribution in [-0.2, 0) is 12.8 Å². The van der Waals surface area contributed by atoms with Crippen molar-refractivity contribution in [2.24, 2.45) is 11.8 Å². The van der Waals surface area contributed by atoms with Crippen LogP contribution in [0.3, 0.4) is 0 Å². The highest BCUT2D eigenvalue weighted by molar-refractivity contribution is 5.69. The number of allylic oxidation sites excluding steroid dienone is 2. The largest absolute Gasteiger partial charge is 0.0917 e. The average Bonchev–Trinajstić information content (AvgIpc) is 2.93. The summed E-state index contributed by atoms with van der Waals surface area (Å²) in [5.74, 6) is 2.44. The Hall–Kier alpha value is -2.86. The topological polar surface area (TPSA) is 0 Å². The van der Waals surface area contributed by atoms with Gasteiger partial charge in [-0.15, -0.1) is 0 Å². The van der Waals surface area contributed by atoms with Crippen LogP contribution in [-0.4, -0.2) is 0 Å². The van der Waals surface area contributed by atoms with Gasteiger partial charge in [0, 0.05) is 0 Å². The first-order valence-electron chi connectivity index (χ1n) is 14.2. The highest BCUT2D eigenvalue weighted by Gasteiger charge is 2.20. The monoisotopic (exact) mass is 476 g/mol. The summed E-state index contributed by atoms with van der Waals surface area (Å²) in [7, 11) is 0. The first kappa shape index (κ1) is 26.2. The highest BCUT2D eigenvalue weighted by atomic mass is 14.3. The highest BCUT2D eigenvalue weighted by Crippen LogP contribution is 2.34. The molecule has 1 saturated carbocycles. The van der Waals surface area contributed by atoms with E-state index in [1.165, 1.54) is 79.2 Å². The molecular weight excluding hydrogens is 432 g/mol. The van der Waals surface area contributed by atoms with Gasteiger partial charge < -0.3 is 0 Å². The van der Waals surface area contributed by atoms with E-state index in [1.807, 2.05) is 0 Å². The lowest BCUT2D eigenvalue weighted by molar-refractivity contribution is 0.254. The fourth-order valence-electron chi connectivity index (χ4n) is 5.68. The van der Waals surface area contributed by atoms with E-state index in [4.69, 9.17) is 0 Å². The average molecular weight is 477 g/mol. The third-order valence-electron chi connectivity index (χ3n) is 8.12. The molecule has 0 unspecified atom stereocenters. The summed E-state index contributed by atoms with van der Waals surface area (Å²) in [6, 6.07) is 29.1. The first-order valence-corrected chi connectivity index (χ1v) is 14.2. The van der Waals surface area contributed by atoms with E-state index in [1.54, 1.807) is 0 Å². The van der Waals surface area contributed by atoms with Gasteiger partial charge >= 0.3 is 0 Å². The molecule has 188 valence electrons. The maximum absolute atomic E-state index is 2.33. The Kier molecular flexibility index (Phi) is 10.2. The third-order valence-corrected chi connectivity index (χ3v) is 8.12. The summed E-state index contributed by atoms with van der Waals surface area (Å²) >= 11 is 0. The fourth-order valence-corrected chi connectivity index (χ4v) is 5.68. The van der Waals surface area contributed by atoms with Crippen LogP contribution < -0.4 is 0 Å². The molecule has 0 heterocycles. The lowest BCUT2D eigenvalue weighted by Crippen LogP contribution is -2.15. The quantitative estimate of drug-likeness (QED) is 0.191. The summed E-state index contributed by atoms with van der Waals surface area (Å²) in [6.07, 6.45) is 21.1. The zero-order chi connectivity index (χ0) is 25.0. The van der Waals surface area contributed by atoms with Crippen LogP contribution in [0.1, 0.15) is 92.5 Å². The van der Waals surface area contributed by atoms with Gasteiger partial charge in [0.15, 0.2) is 0 Å². The molecule has 1 aliphatic rings. The number of rotatable bonds is 11. The molecule has 1 atom stereocenters. The van der Waals surface area contributed by atoms with Crippen molar-refractivity contribution < 1.29 is 0 Å². The minimum Gasteiger partial charge on any atom is -0.0917 e. The maximum Gasteiger partial charge on any atom is -0.0150 e. The summed E-state index contributed by atoms with van der Waals surface area (Å²) in [5.41, 5.74) is 6.83. The van der Waals surface area contributed by atoms with Crippen molar-refractivity contribution in [2.45, 2.75) is 77.6 Å². The van der Waals surface area contributed by atoms with Gasteiger partial charge in [-0.25, -0.2) is 0 Å². The predicted molar refractivity (Wildman–Crippen MR) is 158 cm³/mol. The van der Waals surface area contributed by atoms with Gasteiger partial charge in [-0.3, -0.25) is 0 Å². The SMILES string of the molecule is CC=CCCC1CCC(CCc2ccc(C=Cc3ccc(C[C@@H](C)c4ccccc4)cc3)cc2)CC1. The van der Waals surface area contributed by atoms with E-state index in [-0.39, 0.29) is 0 Å². The predicted octanol–water partition coefficient (Wildman–Crippen LogP) is 10.3. The standard InChI is InChI=1S/C36H44/c1-3-4-6-9-30-12-14-31(15-13-30)16-17-32-18-20-33(21-19-32)22-23-34-24-26-35(27-25-34)28-29(2)36-10-7-5-8-11-36/h3-5,7-8,10-11,18-27,29-31H,6,9,12-17,28H2,1-2H3/t29-,30?,31?/m1/s1. The van der Waals surface area contributed by atoms with Crippen LogP contribution in [0.5, 0.6) is 0 Å². The molecule has 0 bridgehead atoms. The lowest BCUT2D eigenvalue weighted by Gasteiger charge is -2.28. The number of benzene rings is 3. The van der Waals surface area contributed by atoms with E-state index in [0.717, 1.165) is 18.3 Å². The van der Waals surface area contributed by atoms with E-state index < -0.39 is 0 Å².